The molecule has 3 nitrogen and oxygen atoms in total. The Morgan fingerprint density at radius 2 is 1.61 bits per heavy atom. The van der Waals surface area contributed by atoms with Crippen LogP contribution in [0.15, 0.2) is 53.0 Å². The van der Waals surface area contributed by atoms with Crippen molar-refractivity contribution in [3.8, 4) is 11.5 Å². The van der Waals surface area contributed by atoms with Gasteiger partial charge in [0.05, 0.1) is 0 Å². The van der Waals surface area contributed by atoms with E-state index in [0.717, 1.165) is 16.0 Å². The highest BCUT2D eigenvalue weighted by Gasteiger charge is 1.96. The van der Waals surface area contributed by atoms with Crippen molar-refractivity contribution < 1.29 is 14.3 Å². The van der Waals surface area contributed by atoms with E-state index in [9.17, 15) is 0 Å². The fourth-order valence-electron chi connectivity index (χ4n) is 1.27. The van der Waals surface area contributed by atoms with Gasteiger partial charge in [-0.1, -0.05) is 39.7 Å². The molecule has 0 saturated heterocycles. The minimum absolute atomic E-state index is 0.250. The second-order valence-electron chi connectivity index (χ2n) is 3.46. The fourth-order valence-corrected chi connectivity index (χ4v) is 1.65. The molecule has 2 rings (SSSR count). The van der Waals surface area contributed by atoms with Crippen LogP contribution in [0.25, 0.3) is 0 Å². The van der Waals surface area contributed by atoms with Crippen molar-refractivity contribution in [2.24, 2.45) is 0 Å². The summed E-state index contributed by atoms with van der Waals surface area (Å²) in [6.45, 7) is 2.06. The van der Waals surface area contributed by atoms with E-state index in [1.54, 1.807) is 0 Å². The van der Waals surface area contributed by atoms with Gasteiger partial charge in [0, 0.05) is 4.47 Å². The zero-order valence-electron chi connectivity index (χ0n) is 9.72. The van der Waals surface area contributed by atoms with Gasteiger partial charge >= 0.3 is 6.15 Å². The lowest BCUT2D eigenvalue weighted by atomic mass is 10.2. The van der Waals surface area contributed by atoms with E-state index >= 15 is 0 Å². The molecule has 92 valence electrons. The van der Waals surface area contributed by atoms with Crippen LogP contribution in [-0.2, 0) is 9.59 Å². The standard InChI is InChI=1S/C13H11BrO.CO2/c1-10-5-7-12(8-6-10)15-13-4-2-3-11(14)9-13;2-1-3/h2-9H,1H3;. The van der Waals surface area contributed by atoms with Gasteiger partial charge in [-0.2, -0.15) is 9.59 Å². The topological polar surface area (TPSA) is 43.4 Å². The molecule has 0 radical (unpaired) electrons. The number of carbonyl (C=O) groups excluding carboxylic acids is 2. The molecule has 0 unspecified atom stereocenters. The molecule has 2 aromatic carbocycles. The average molecular weight is 307 g/mol. The largest absolute Gasteiger partial charge is 0.457 e. The summed E-state index contributed by atoms with van der Waals surface area (Å²) in [6.07, 6.45) is 0.250. The first-order chi connectivity index (χ1) is 8.65. The van der Waals surface area contributed by atoms with Crippen molar-refractivity contribution in [3.05, 3.63) is 58.6 Å². The van der Waals surface area contributed by atoms with Gasteiger partial charge in [-0.15, -0.1) is 0 Å². The lowest BCUT2D eigenvalue weighted by Crippen LogP contribution is -1.83. The van der Waals surface area contributed by atoms with Crippen LogP contribution in [0.1, 0.15) is 5.56 Å². The molecule has 0 aliphatic heterocycles. The van der Waals surface area contributed by atoms with Crippen LogP contribution in [0.2, 0.25) is 0 Å². The Morgan fingerprint density at radius 1 is 1.00 bits per heavy atom. The molecular formula is C14H11BrO3. The molecule has 0 aliphatic rings. The number of ether oxygens (including phenoxy) is 1. The lowest BCUT2D eigenvalue weighted by Gasteiger charge is -2.05. The van der Waals surface area contributed by atoms with Gasteiger partial charge in [-0.05, 0) is 37.3 Å². The highest BCUT2D eigenvalue weighted by atomic mass is 79.9. The van der Waals surface area contributed by atoms with Gasteiger partial charge in [0.15, 0.2) is 0 Å². The maximum Gasteiger partial charge on any atom is 0.373 e. The maximum atomic E-state index is 8.12. The summed E-state index contributed by atoms with van der Waals surface area (Å²) < 4.78 is 6.70. The first kappa shape index (κ1) is 14.2. The number of benzene rings is 2. The molecule has 0 aromatic heterocycles. The van der Waals surface area contributed by atoms with Crippen molar-refractivity contribution in [1.82, 2.24) is 0 Å². The molecule has 0 amide bonds. The lowest BCUT2D eigenvalue weighted by molar-refractivity contribution is -0.191. The van der Waals surface area contributed by atoms with Gasteiger partial charge < -0.3 is 4.74 Å². The maximum absolute atomic E-state index is 8.12. The molecule has 18 heavy (non-hydrogen) atoms. The molecule has 0 heterocycles. The van der Waals surface area contributed by atoms with Crippen LogP contribution in [-0.4, -0.2) is 6.15 Å². The van der Waals surface area contributed by atoms with Crippen LogP contribution in [0, 0.1) is 6.92 Å². The van der Waals surface area contributed by atoms with E-state index in [-0.39, 0.29) is 6.15 Å². The number of hydrogen-bond acceptors (Lipinski definition) is 3. The van der Waals surface area contributed by atoms with Crippen molar-refractivity contribution in [3.63, 3.8) is 0 Å². The second kappa shape index (κ2) is 7.43. The molecule has 4 heteroatoms. The third-order valence-electron chi connectivity index (χ3n) is 2.05. The summed E-state index contributed by atoms with van der Waals surface area (Å²) in [7, 11) is 0. The van der Waals surface area contributed by atoms with Crippen molar-refractivity contribution >= 4 is 22.1 Å². The second-order valence-corrected chi connectivity index (χ2v) is 4.37. The van der Waals surface area contributed by atoms with Crippen molar-refractivity contribution in [2.75, 3.05) is 0 Å². The molecule has 0 saturated carbocycles. The number of aryl methyl sites for hydroxylation is 1. The van der Waals surface area contributed by atoms with Gasteiger partial charge in [0.1, 0.15) is 11.5 Å². The summed E-state index contributed by atoms with van der Waals surface area (Å²) in [5.74, 6) is 1.70. The first-order valence-electron chi connectivity index (χ1n) is 5.15. The molecule has 2 aromatic rings. The van der Waals surface area contributed by atoms with E-state index in [4.69, 9.17) is 14.3 Å². The Labute approximate surface area is 114 Å². The van der Waals surface area contributed by atoms with E-state index in [2.05, 4.69) is 22.9 Å². The van der Waals surface area contributed by atoms with E-state index in [0.29, 0.717) is 0 Å². The van der Waals surface area contributed by atoms with Crippen LogP contribution in [0.5, 0.6) is 11.5 Å². The molecule has 0 bridgehead atoms. The Hall–Kier alpha value is -1.90. The summed E-state index contributed by atoms with van der Waals surface area (Å²) in [4.78, 5) is 16.2. The normalized spacial score (nSPS) is 8.78. The number of rotatable bonds is 2. The molecule has 0 spiro atoms. The SMILES string of the molecule is Cc1ccc(Oc2cccc(Br)c2)cc1.O=C=O. The highest BCUT2D eigenvalue weighted by molar-refractivity contribution is 9.10. The smallest absolute Gasteiger partial charge is 0.373 e. The molecule has 0 aliphatic carbocycles. The zero-order valence-corrected chi connectivity index (χ0v) is 11.3. The van der Waals surface area contributed by atoms with Crippen LogP contribution in [0.4, 0.5) is 0 Å². The molecule has 0 fully saturated rings. The fraction of sp³-hybridized carbons (Fsp3) is 0.0714. The van der Waals surface area contributed by atoms with Crippen LogP contribution < -0.4 is 4.74 Å². The quantitative estimate of drug-likeness (QED) is 0.843. The van der Waals surface area contributed by atoms with Gasteiger partial charge in [0.25, 0.3) is 0 Å². The third kappa shape index (κ3) is 4.95. The summed E-state index contributed by atoms with van der Waals surface area (Å²) in [5, 5.41) is 0. The predicted molar refractivity (Wildman–Crippen MR) is 70.4 cm³/mol. The van der Waals surface area contributed by atoms with Gasteiger partial charge in [-0.3, -0.25) is 0 Å². The van der Waals surface area contributed by atoms with E-state index < -0.39 is 0 Å². The average Bonchev–Trinajstić information content (AvgIpc) is 2.33. The van der Waals surface area contributed by atoms with E-state index in [1.165, 1.54) is 5.56 Å². The Balaban J connectivity index is 0.000000492. The van der Waals surface area contributed by atoms with Crippen molar-refractivity contribution in [1.29, 1.82) is 0 Å². The monoisotopic (exact) mass is 306 g/mol. The Kier molecular flexibility index (Phi) is 5.85. The predicted octanol–water partition coefficient (Wildman–Crippen LogP) is 3.97. The van der Waals surface area contributed by atoms with Crippen LogP contribution in [0.3, 0.4) is 0 Å². The van der Waals surface area contributed by atoms with Gasteiger partial charge in [-0.25, -0.2) is 0 Å². The number of halogens is 1. The molecule has 0 atom stereocenters. The molecular weight excluding hydrogens is 296 g/mol. The minimum atomic E-state index is 0.250. The van der Waals surface area contributed by atoms with Gasteiger partial charge in [0.2, 0.25) is 0 Å². The third-order valence-corrected chi connectivity index (χ3v) is 2.55. The summed E-state index contributed by atoms with van der Waals surface area (Å²) in [6, 6.07) is 15.8. The minimum Gasteiger partial charge on any atom is -0.457 e. The zero-order chi connectivity index (χ0) is 13.4. The Bertz CT molecular complexity index is 529. The molecule has 0 N–H and O–H groups in total. The Morgan fingerprint density at radius 3 is 2.17 bits per heavy atom. The summed E-state index contributed by atoms with van der Waals surface area (Å²) in [5.41, 5.74) is 1.23. The summed E-state index contributed by atoms with van der Waals surface area (Å²) >= 11 is 3.41. The van der Waals surface area contributed by atoms with Crippen molar-refractivity contribution in [2.45, 2.75) is 6.92 Å². The first-order valence-corrected chi connectivity index (χ1v) is 5.94. The van der Waals surface area contributed by atoms with Crippen LogP contribution >= 0.6 is 15.9 Å². The van der Waals surface area contributed by atoms with E-state index in [1.807, 2.05) is 48.5 Å². The highest BCUT2D eigenvalue weighted by Crippen LogP contribution is 2.24. The number of hydrogen-bond donors (Lipinski definition) is 0.